The lowest BCUT2D eigenvalue weighted by atomic mass is 9.99. The fourth-order valence-electron chi connectivity index (χ4n) is 6.66. The molecular formula is C36H19N3S. The van der Waals surface area contributed by atoms with Crippen LogP contribution in [0.5, 0.6) is 0 Å². The molecule has 6 aromatic carbocycles. The molecule has 0 bridgehead atoms. The Bertz CT molecular complexity index is 2660. The molecule has 184 valence electrons. The summed E-state index contributed by atoms with van der Waals surface area (Å²) in [5, 5.41) is 8.85. The summed E-state index contributed by atoms with van der Waals surface area (Å²) >= 11 is 1.89. The molecule has 10 rings (SSSR count). The third kappa shape index (κ3) is 2.59. The lowest BCUT2D eigenvalue weighted by Crippen LogP contribution is -1.89. The van der Waals surface area contributed by atoms with Crippen molar-refractivity contribution in [1.82, 2.24) is 14.4 Å². The van der Waals surface area contributed by atoms with Crippen LogP contribution in [0.2, 0.25) is 0 Å². The van der Waals surface area contributed by atoms with Crippen molar-refractivity contribution < 1.29 is 0 Å². The zero-order valence-electron chi connectivity index (χ0n) is 21.2. The van der Waals surface area contributed by atoms with Crippen LogP contribution in [0.3, 0.4) is 0 Å². The number of hydrogen-bond donors (Lipinski definition) is 0. The van der Waals surface area contributed by atoms with E-state index in [-0.39, 0.29) is 0 Å². The Balaban J connectivity index is 1.41. The Hall–Kier alpha value is -5.06. The Morgan fingerprint density at radius 1 is 0.550 bits per heavy atom. The lowest BCUT2D eigenvalue weighted by molar-refractivity contribution is 1.28. The summed E-state index contributed by atoms with van der Waals surface area (Å²) in [5.74, 6) is 0. The van der Waals surface area contributed by atoms with Gasteiger partial charge in [0.15, 0.2) is 5.65 Å². The van der Waals surface area contributed by atoms with Crippen molar-refractivity contribution in [1.29, 1.82) is 0 Å². The zero-order valence-corrected chi connectivity index (χ0v) is 22.0. The summed E-state index contributed by atoms with van der Waals surface area (Å²) < 4.78 is 4.99. The molecule has 4 heteroatoms. The first-order valence-corrected chi connectivity index (χ1v) is 14.3. The van der Waals surface area contributed by atoms with Gasteiger partial charge < -0.3 is 0 Å². The Labute approximate surface area is 231 Å². The van der Waals surface area contributed by atoms with E-state index in [1.807, 2.05) is 23.5 Å². The first kappa shape index (κ1) is 20.8. The second-order valence-electron chi connectivity index (χ2n) is 10.6. The van der Waals surface area contributed by atoms with Gasteiger partial charge in [0.2, 0.25) is 0 Å². The number of hydrogen-bond acceptors (Lipinski definition) is 3. The molecular weight excluding hydrogens is 506 g/mol. The summed E-state index contributed by atoms with van der Waals surface area (Å²) in [6.07, 6.45) is 0. The number of fused-ring (bicyclic) bond motifs is 12. The van der Waals surface area contributed by atoms with Crippen LogP contribution in [0.25, 0.3) is 91.5 Å². The van der Waals surface area contributed by atoms with E-state index in [1.54, 1.807) is 0 Å². The topological polar surface area (TPSA) is 30.2 Å². The number of aromatic nitrogens is 3. The molecule has 4 heterocycles. The minimum atomic E-state index is 0.920. The monoisotopic (exact) mass is 525 g/mol. The maximum absolute atomic E-state index is 5.17. The molecule has 0 aliphatic heterocycles. The molecule has 0 saturated carbocycles. The minimum absolute atomic E-state index is 0.920. The number of rotatable bonds is 1. The van der Waals surface area contributed by atoms with E-state index in [2.05, 4.69) is 108 Å². The molecule has 0 aliphatic carbocycles. The average Bonchev–Trinajstić information content (AvgIpc) is 3.65. The van der Waals surface area contributed by atoms with E-state index in [9.17, 15) is 0 Å². The summed E-state index contributed by atoms with van der Waals surface area (Å²) in [6.45, 7) is 0. The highest BCUT2D eigenvalue weighted by Crippen LogP contribution is 2.47. The maximum Gasteiger partial charge on any atom is 0.165 e. The molecule has 0 unspecified atom stereocenters. The molecule has 0 spiro atoms. The van der Waals surface area contributed by atoms with Gasteiger partial charge in [-0.25, -0.2) is 9.97 Å². The first-order valence-electron chi connectivity index (χ1n) is 13.5. The average molecular weight is 526 g/mol. The highest BCUT2D eigenvalue weighted by atomic mass is 32.1. The number of thiophene rings is 1. The summed E-state index contributed by atoms with van der Waals surface area (Å²) in [7, 11) is 0. The predicted molar refractivity (Wildman–Crippen MR) is 170 cm³/mol. The predicted octanol–water partition coefficient (Wildman–Crippen LogP) is 9.97. The maximum atomic E-state index is 5.17. The molecule has 0 saturated heterocycles. The van der Waals surface area contributed by atoms with Gasteiger partial charge in [-0.15, -0.1) is 11.3 Å². The van der Waals surface area contributed by atoms with E-state index in [0.29, 0.717) is 0 Å². The van der Waals surface area contributed by atoms with Crippen LogP contribution in [0, 0.1) is 0 Å². The van der Waals surface area contributed by atoms with Crippen LogP contribution in [0.15, 0.2) is 115 Å². The van der Waals surface area contributed by atoms with Gasteiger partial charge in [-0.3, -0.25) is 4.40 Å². The molecule has 0 aliphatic rings. The summed E-state index contributed by atoms with van der Waals surface area (Å²) in [5.41, 5.74) is 8.59. The van der Waals surface area contributed by atoms with Crippen LogP contribution < -0.4 is 0 Å². The van der Waals surface area contributed by atoms with Gasteiger partial charge in [0.25, 0.3) is 0 Å². The third-order valence-electron chi connectivity index (χ3n) is 8.47. The van der Waals surface area contributed by atoms with Crippen LogP contribution in [0.4, 0.5) is 0 Å². The lowest BCUT2D eigenvalue weighted by Gasteiger charge is -2.06. The van der Waals surface area contributed by atoms with Crippen molar-refractivity contribution >= 4 is 91.7 Å². The smallest absolute Gasteiger partial charge is 0.165 e. The minimum Gasteiger partial charge on any atom is -0.291 e. The Morgan fingerprint density at radius 3 is 2.23 bits per heavy atom. The van der Waals surface area contributed by atoms with Gasteiger partial charge in [-0.1, -0.05) is 72.8 Å². The number of nitrogens with zero attached hydrogens (tertiary/aromatic N) is 3. The molecule has 0 amide bonds. The second kappa shape index (κ2) is 7.32. The SMILES string of the molecule is c1ccc2cc(-c3ccc4c(c3)c3c5sc6ccccc6c5cc5c6nc7ccccc7nc6n4c53)ccc2c1. The van der Waals surface area contributed by atoms with Gasteiger partial charge >= 0.3 is 0 Å². The number of benzene rings is 6. The van der Waals surface area contributed by atoms with Gasteiger partial charge in [0.1, 0.15) is 5.52 Å². The van der Waals surface area contributed by atoms with Crippen LogP contribution in [-0.2, 0) is 0 Å². The van der Waals surface area contributed by atoms with Crippen molar-refractivity contribution in [3.05, 3.63) is 115 Å². The molecule has 3 nitrogen and oxygen atoms in total. The van der Waals surface area contributed by atoms with Gasteiger partial charge in [-0.2, -0.15) is 0 Å². The highest BCUT2D eigenvalue weighted by Gasteiger charge is 2.24. The molecule has 0 fully saturated rings. The standard InChI is InChI=1S/C36H19N3S/c1-2-8-21-17-22(14-13-20(21)7-1)23-15-16-30-26(18-23)32-34-27(19-25-24-9-3-6-12-31(24)40-35(25)32)33-36(39(30)34)38-29-11-5-4-10-28(29)37-33/h1-19H. The zero-order chi connectivity index (χ0) is 25.9. The van der Waals surface area contributed by atoms with Crippen molar-refractivity contribution in [3.8, 4) is 11.1 Å². The normalized spacial score (nSPS) is 12.5. The highest BCUT2D eigenvalue weighted by molar-refractivity contribution is 7.26. The largest absolute Gasteiger partial charge is 0.291 e. The third-order valence-corrected chi connectivity index (χ3v) is 9.68. The van der Waals surface area contributed by atoms with E-state index in [4.69, 9.17) is 9.97 Å². The molecule has 4 aromatic heterocycles. The molecule has 40 heavy (non-hydrogen) atoms. The van der Waals surface area contributed by atoms with Crippen LogP contribution in [-0.4, -0.2) is 14.4 Å². The molecule has 0 atom stereocenters. The molecule has 10 aromatic rings. The fourth-order valence-corrected chi connectivity index (χ4v) is 7.90. The summed E-state index contributed by atoms with van der Waals surface area (Å²) in [6, 6.07) is 41.5. The quantitative estimate of drug-likeness (QED) is 0.213. The first-order chi connectivity index (χ1) is 19.8. The van der Waals surface area contributed by atoms with Crippen molar-refractivity contribution in [3.63, 3.8) is 0 Å². The van der Waals surface area contributed by atoms with E-state index in [1.165, 1.54) is 69.3 Å². The van der Waals surface area contributed by atoms with E-state index >= 15 is 0 Å². The van der Waals surface area contributed by atoms with Crippen LogP contribution >= 0.6 is 11.3 Å². The van der Waals surface area contributed by atoms with Crippen molar-refractivity contribution in [2.75, 3.05) is 0 Å². The van der Waals surface area contributed by atoms with Gasteiger partial charge in [0, 0.05) is 36.3 Å². The van der Waals surface area contributed by atoms with Crippen LogP contribution in [0.1, 0.15) is 0 Å². The summed E-state index contributed by atoms with van der Waals surface area (Å²) in [4.78, 5) is 10.3. The molecule has 0 N–H and O–H groups in total. The van der Waals surface area contributed by atoms with Crippen molar-refractivity contribution in [2.24, 2.45) is 0 Å². The Kier molecular flexibility index (Phi) is 3.81. The van der Waals surface area contributed by atoms with E-state index in [0.717, 1.165) is 22.2 Å². The second-order valence-corrected chi connectivity index (χ2v) is 11.7. The van der Waals surface area contributed by atoms with Crippen molar-refractivity contribution in [2.45, 2.75) is 0 Å². The number of para-hydroxylation sites is 2. The van der Waals surface area contributed by atoms with Gasteiger partial charge in [0.05, 0.1) is 22.1 Å². The fraction of sp³-hybridized carbons (Fsp3) is 0. The van der Waals surface area contributed by atoms with E-state index < -0.39 is 0 Å². The van der Waals surface area contributed by atoms with Gasteiger partial charge in [-0.05, 0) is 64.4 Å². The Morgan fingerprint density at radius 2 is 1.30 bits per heavy atom. The molecule has 0 radical (unpaired) electrons.